The topological polar surface area (TPSA) is 197 Å². The minimum atomic E-state index is -1.31. The van der Waals surface area contributed by atoms with Crippen molar-refractivity contribution in [2.45, 2.75) is 62.9 Å². The summed E-state index contributed by atoms with van der Waals surface area (Å²) in [5, 5.41) is 37.3. The second kappa shape index (κ2) is 7.96. The van der Waals surface area contributed by atoms with Gasteiger partial charge in [-0.3, -0.25) is 4.57 Å². The molecule has 0 amide bonds. The van der Waals surface area contributed by atoms with Crippen LogP contribution in [-0.2, 0) is 11.3 Å². The highest BCUT2D eigenvalue weighted by atomic mass is 16.6. The van der Waals surface area contributed by atoms with Gasteiger partial charge in [0, 0.05) is 0 Å². The number of hydrogen-bond acceptors (Lipinski definition) is 11. The number of aliphatic hydroxyl groups is 2. The molecule has 2 fully saturated rings. The van der Waals surface area contributed by atoms with Crippen molar-refractivity contribution >= 4 is 23.0 Å². The van der Waals surface area contributed by atoms with Gasteiger partial charge in [0.15, 0.2) is 28.9 Å². The van der Waals surface area contributed by atoms with Gasteiger partial charge in [-0.15, -0.1) is 5.10 Å². The SMILES string of the molecule is Nc1nc(OC2CCCC2)nc2c1ncn2[C@@H]1O[C@H](Cn2cc(C(=O)O)nn2)[C@@H](O)[C@H]1O. The number of anilines is 1. The number of aromatic nitrogens is 7. The van der Waals surface area contributed by atoms with E-state index in [0.29, 0.717) is 11.2 Å². The van der Waals surface area contributed by atoms with Crippen LogP contribution in [0.2, 0.25) is 0 Å². The quantitative estimate of drug-likeness (QED) is 0.373. The van der Waals surface area contributed by atoms with Crippen molar-refractivity contribution in [1.29, 1.82) is 0 Å². The summed E-state index contributed by atoms with van der Waals surface area (Å²) in [6, 6.07) is 0.122. The van der Waals surface area contributed by atoms with E-state index in [0.717, 1.165) is 25.7 Å². The number of carboxylic acids is 1. The zero-order valence-corrected chi connectivity index (χ0v) is 16.9. The lowest BCUT2D eigenvalue weighted by atomic mass is 10.1. The fraction of sp³-hybridized carbons (Fsp3) is 0.556. The number of ether oxygens (including phenoxy) is 2. The molecule has 1 aliphatic carbocycles. The summed E-state index contributed by atoms with van der Waals surface area (Å²) in [7, 11) is 0. The number of carbonyl (C=O) groups is 1. The third-order valence-electron chi connectivity index (χ3n) is 5.74. The molecule has 1 saturated carbocycles. The van der Waals surface area contributed by atoms with E-state index in [-0.39, 0.29) is 30.2 Å². The molecule has 0 spiro atoms. The second-order valence-electron chi connectivity index (χ2n) is 7.92. The van der Waals surface area contributed by atoms with Crippen molar-refractivity contribution in [3.8, 4) is 6.01 Å². The molecule has 14 nitrogen and oxygen atoms in total. The van der Waals surface area contributed by atoms with Gasteiger partial charge in [0.25, 0.3) is 0 Å². The van der Waals surface area contributed by atoms with Gasteiger partial charge in [-0.1, -0.05) is 5.21 Å². The number of nitrogen functional groups attached to an aromatic ring is 1. The maximum atomic E-state index is 11.0. The van der Waals surface area contributed by atoms with Crippen LogP contribution in [0.3, 0.4) is 0 Å². The molecule has 2 aliphatic rings. The summed E-state index contributed by atoms with van der Waals surface area (Å²) < 4.78 is 14.4. The first-order valence-electron chi connectivity index (χ1n) is 10.2. The summed E-state index contributed by atoms with van der Waals surface area (Å²) in [5.41, 5.74) is 6.42. The zero-order valence-electron chi connectivity index (χ0n) is 16.9. The maximum Gasteiger partial charge on any atom is 0.358 e. The zero-order chi connectivity index (χ0) is 22.4. The van der Waals surface area contributed by atoms with Crippen molar-refractivity contribution in [2.75, 3.05) is 5.73 Å². The highest BCUT2D eigenvalue weighted by Gasteiger charge is 2.44. The molecule has 0 aromatic carbocycles. The molecule has 170 valence electrons. The lowest BCUT2D eigenvalue weighted by Crippen LogP contribution is -2.33. The minimum Gasteiger partial charge on any atom is -0.476 e. The average molecular weight is 446 g/mol. The summed E-state index contributed by atoms with van der Waals surface area (Å²) >= 11 is 0. The number of nitrogens with zero attached hydrogens (tertiary/aromatic N) is 7. The number of carboxylic acid groups (broad SMARTS) is 1. The van der Waals surface area contributed by atoms with Gasteiger partial charge in [0.1, 0.15) is 24.4 Å². The molecule has 32 heavy (non-hydrogen) atoms. The van der Waals surface area contributed by atoms with E-state index in [9.17, 15) is 15.0 Å². The molecule has 3 aromatic rings. The Labute approximate surface area is 180 Å². The first-order chi connectivity index (χ1) is 15.4. The van der Waals surface area contributed by atoms with Crippen LogP contribution >= 0.6 is 0 Å². The van der Waals surface area contributed by atoms with Gasteiger partial charge < -0.3 is 30.5 Å². The van der Waals surface area contributed by atoms with Crippen molar-refractivity contribution in [3.05, 3.63) is 18.2 Å². The van der Waals surface area contributed by atoms with Crippen LogP contribution in [0.1, 0.15) is 42.4 Å². The molecule has 5 N–H and O–H groups in total. The normalized spacial score (nSPS) is 26.2. The lowest BCUT2D eigenvalue weighted by Gasteiger charge is -2.17. The second-order valence-corrected chi connectivity index (χ2v) is 7.92. The van der Waals surface area contributed by atoms with Crippen LogP contribution in [0.4, 0.5) is 5.82 Å². The summed E-state index contributed by atoms with van der Waals surface area (Å²) in [6.45, 7) is -0.0190. The van der Waals surface area contributed by atoms with E-state index >= 15 is 0 Å². The highest BCUT2D eigenvalue weighted by Crippen LogP contribution is 2.33. The van der Waals surface area contributed by atoms with Gasteiger partial charge in [0.05, 0.1) is 19.1 Å². The standard InChI is InChI=1S/C18H22N8O6/c19-14-11-15(22-18(21-14)31-8-3-1-2-4-8)26(7-20-11)16-13(28)12(27)10(32-16)6-25-5-9(17(29)30)23-24-25/h5,7-8,10,12-13,16,27-28H,1-4,6H2,(H,29,30)(H2,19,21,22)/t10-,12-,13-,16-/m1/s1. The Balaban J connectivity index is 1.40. The molecule has 0 radical (unpaired) electrons. The van der Waals surface area contributed by atoms with Crippen LogP contribution < -0.4 is 10.5 Å². The minimum absolute atomic E-state index is 0.0190. The molecule has 0 bridgehead atoms. The fourth-order valence-electron chi connectivity index (χ4n) is 4.09. The number of aromatic carboxylic acids is 1. The van der Waals surface area contributed by atoms with Gasteiger partial charge in [-0.25, -0.2) is 14.5 Å². The Bertz CT molecular complexity index is 1140. The number of rotatable bonds is 6. The Morgan fingerprint density at radius 3 is 2.75 bits per heavy atom. The van der Waals surface area contributed by atoms with E-state index in [2.05, 4.69) is 25.3 Å². The highest BCUT2D eigenvalue weighted by molar-refractivity contribution is 5.84. The van der Waals surface area contributed by atoms with Crippen molar-refractivity contribution in [3.63, 3.8) is 0 Å². The fourth-order valence-corrected chi connectivity index (χ4v) is 4.09. The lowest BCUT2D eigenvalue weighted by molar-refractivity contribution is -0.0404. The molecular formula is C18H22N8O6. The van der Waals surface area contributed by atoms with E-state index in [1.54, 1.807) is 0 Å². The Kier molecular flexibility index (Phi) is 5.11. The Hall–Kier alpha value is -3.36. The van der Waals surface area contributed by atoms with E-state index in [1.807, 2.05) is 0 Å². The van der Waals surface area contributed by atoms with Crippen molar-refractivity contribution in [1.82, 2.24) is 34.5 Å². The first kappa shape index (κ1) is 20.5. The molecule has 0 unspecified atom stereocenters. The summed E-state index contributed by atoms with van der Waals surface area (Å²) in [5.74, 6) is -1.09. The molecule has 5 rings (SSSR count). The van der Waals surface area contributed by atoms with Crippen LogP contribution in [0, 0.1) is 0 Å². The van der Waals surface area contributed by atoms with Gasteiger partial charge in [0.2, 0.25) is 0 Å². The van der Waals surface area contributed by atoms with Crippen molar-refractivity contribution < 1.29 is 29.6 Å². The molecule has 1 aliphatic heterocycles. The van der Waals surface area contributed by atoms with E-state index < -0.39 is 30.5 Å². The maximum absolute atomic E-state index is 11.0. The smallest absolute Gasteiger partial charge is 0.358 e. The van der Waals surface area contributed by atoms with Crippen LogP contribution in [0.5, 0.6) is 6.01 Å². The molecule has 4 atom stereocenters. The Morgan fingerprint density at radius 1 is 1.25 bits per heavy atom. The monoisotopic (exact) mass is 446 g/mol. The third-order valence-corrected chi connectivity index (χ3v) is 5.74. The first-order valence-corrected chi connectivity index (χ1v) is 10.2. The number of nitrogens with two attached hydrogens (primary N) is 1. The predicted octanol–water partition coefficient (Wildman–Crippen LogP) is -0.661. The van der Waals surface area contributed by atoms with Crippen LogP contribution in [0.15, 0.2) is 12.5 Å². The molecular weight excluding hydrogens is 424 g/mol. The van der Waals surface area contributed by atoms with Gasteiger partial charge >= 0.3 is 12.0 Å². The number of imidazole rings is 1. The number of fused-ring (bicyclic) bond motifs is 1. The number of hydrogen-bond donors (Lipinski definition) is 4. The third kappa shape index (κ3) is 3.61. The molecule has 4 heterocycles. The van der Waals surface area contributed by atoms with E-state index in [1.165, 1.54) is 21.8 Å². The van der Waals surface area contributed by atoms with Crippen LogP contribution in [-0.4, -0.2) is 80.2 Å². The molecule has 14 heteroatoms. The van der Waals surface area contributed by atoms with Gasteiger partial charge in [-0.05, 0) is 25.7 Å². The molecule has 1 saturated heterocycles. The average Bonchev–Trinajstić information content (AvgIpc) is 3.54. The van der Waals surface area contributed by atoms with Crippen LogP contribution in [0.25, 0.3) is 11.2 Å². The summed E-state index contributed by atoms with van der Waals surface area (Å²) in [6.07, 6.45) is 2.17. The molecule has 3 aromatic heterocycles. The number of aliphatic hydroxyl groups excluding tert-OH is 2. The summed E-state index contributed by atoms with van der Waals surface area (Å²) in [4.78, 5) is 23.8. The Morgan fingerprint density at radius 2 is 2.03 bits per heavy atom. The largest absolute Gasteiger partial charge is 0.476 e. The van der Waals surface area contributed by atoms with Gasteiger partial charge in [-0.2, -0.15) is 9.97 Å². The predicted molar refractivity (Wildman–Crippen MR) is 106 cm³/mol. The van der Waals surface area contributed by atoms with Crippen molar-refractivity contribution in [2.24, 2.45) is 0 Å². The van der Waals surface area contributed by atoms with E-state index in [4.69, 9.17) is 20.3 Å².